The number of hydrogen-bond acceptors (Lipinski definition) is 4. The molecule has 2 aromatic heterocycles. The second-order valence-corrected chi connectivity index (χ2v) is 5.48. The molecule has 0 spiro atoms. The molecule has 0 atom stereocenters. The van der Waals surface area contributed by atoms with Crippen LogP contribution in [0.4, 0.5) is 18.9 Å². The average molecular weight is 345 g/mol. The minimum Gasteiger partial charge on any atom is -0.479 e. The molecule has 2 rings (SSSR count). The molecule has 0 saturated heterocycles. The number of alkyl halides is 3. The molecule has 2 heterocycles. The number of amides is 1. The number of rotatable bonds is 5. The molecule has 0 aliphatic rings. The monoisotopic (exact) mass is 345 g/mol. The van der Waals surface area contributed by atoms with Gasteiger partial charge in [-0.05, 0) is 19.9 Å². The molecule has 0 bridgehead atoms. The van der Waals surface area contributed by atoms with E-state index in [1.165, 1.54) is 26.2 Å². The van der Waals surface area contributed by atoms with Crippen molar-refractivity contribution < 1.29 is 27.9 Å². The summed E-state index contributed by atoms with van der Waals surface area (Å²) in [5.41, 5.74) is -2.18. The molecule has 0 fully saturated rings. The summed E-state index contributed by atoms with van der Waals surface area (Å²) in [5, 5.41) is 18.6. The zero-order valence-corrected chi connectivity index (χ0v) is 12.7. The highest BCUT2D eigenvalue weighted by Crippen LogP contribution is 2.27. The third-order valence-corrected chi connectivity index (χ3v) is 3.20. The fourth-order valence-corrected chi connectivity index (χ4v) is 1.74. The van der Waals surface area contributed by atoms with Crippen LogP contribution in [0.25, 0.3) is 0 Å². The Bertz CT molecular complexity index is 763. The maximum absolute atomic E-state index is 12.4. The van der Waals surface area contributed by atoms with E-state index >= 15 is 0 Å². The third kappa shape index (κ3) is 3.73. The van der Waals surface area contributed by atoms with Crippen molar-refractivity contribution in [2.24, 2.45) is 0 Å². The Labute approximate surface area is 133 Å². The predicted molar refractivity (Wildman–Crippen MR) is 75.0 cm³/mol. The number of nitrogens with zero attached hydrogens (tertiary/aromatic N) is 4. The zero-order valence-electron chi connectivity index (χ0n) is 12.7. The van der Waals surface area contributed by atoms with Crippen LogP contribution in [0.15, 0.2) is 24.7 Å². The molecule has 11 heteroatoms. The van der Waals surface area contributed by atoms with Crippen LogP contribution in [0.1, 0.15) is 19.5 Å². The molecular formula is C13H14F3N5O3. The fraction of sp³-hybridized carbons (Fsp3) is 0.385. The van der Waals surface area contributed by atoms with Crippen LogP contribution >= 0.6 is 0 Å². The first kappa shape index (κ1) is 17.5. The van der Waals surface area contributed by atoms with Gasteiger partial charge in [0.15, 0.2) is 11.2 Å². The van der Waals surface area contributed by atoms with Gasteiger partial charge in [0.1, 0.15) is 6.54 Å². The van der Waals surface area contributed by atoms with Crippen molar-refractivity contribution in [2.45, 2.75) is 32.1 Å². The largest absolute Gasteiger partial charge is 0.479 e. The van der Waals surface area contributed by atoms with Crippen LogP contribution in [0.2, 0.25) is 0 Å². The summed E-state index contributed by atoms with van der Waals surface area (Å²) in [7, 11) is 0. The van der Waals surface area contributed by atoms with E-state index in [9.17, 15) is 22.8 Å². The lowest BCUT2D eigenvalue weighted by Gasteiger charge is -2.19. The van der Waals surface area contributed by atoms with Gasteiger partial charge in [0.2, 0.25) is 5.91 Å². The number of carboxylic acids is 1. The van der Waals surface area contributed by atoms with E-state index < -0.39 is 35.8 Å². The molecule has 0 saturated carbocycles. The van der Waals surface area contributed by atoms with E-state index in [4.69, 9.17) is 5.11 Å². The Balaban J connectivity index is 2.02. The number of carbonyl (C=O) groups excluding carboxylic acids is 1. The van der Waals surface area contributed by atoms with Gasteiger partial charge in [-0.3, -0.25) is 14.2 Å². The lowest BCUT2D eigenvalue weighted by atomic mass is 10.1. The molecule has 0 aliphatic heterocycles. The van der Waals surface area contributed by atoms with E-state index in [-0.39, 0.29) is 5.69 Å². The first-order chi connectivity index (χ1) is 11.0. The molecule has 2 aromatic rings. The standard InChI is InChI=1S/C13H14F3N5O3/c1-12(2,11(23)24)21-6-8(5-17-21)18-10(22)7-20-4-3-9(19-20)13(14,15)16/h3-6H,7H2,1-2H3,(H,18,22)(H,23,24). The van der Waals surface area contributed by atoms with Crippen molar-refractivity contribution in [3.05, 3.63) is 30.4 Å². The summed E-state index contributed by atoms with van der Waals surface area (Å²) >= 11 is 0. The quantitative estimate of drug-likeness (QED) is 0.856. The van der Waals surface area contributed by atoms with Crippen molar-refractivity contribution in [1.29, 1.82) is 0 Å². The molecule has 0 aliphatic carbocycles. The van der Waals surface area contributed by atoms with E-state index in [0.717, 1.165) is 21.6 Å². The van der Waals surface area contributed by atoms with E-state index in [2.05, 4.69) is 15.5 Å². The summed E-state index contributed by atoms with van der Waals surface area (Å²) < 4.78 is 39.3. The number of halogens is 3. The molecule has 0 radical (unpaired) electrons. The van der Waals surface area contributed by atoms with Gasteiger partial charge < -0.3 is 10.4 Å². The average Bonchev–Trinajstić information content (AvgIpc) is 3.07. The SMILES string of the molecule is CC(C)(C(=O)O)n1cc(NC(=O)Cn2ccc(C(F)(F)F)n2)cn1. The number of anilines is 1. The molecule has 0 unspecified atom stereocenters. The number of aliphatic carboxylic acids is 1. The van der Waals surface area contributed by atoms with E-state index in [1.807, 2.05) is 0 Å². The number of aromatic nitrogens is 4. The minimum atomic E-state index is -4.58. The highest BCUT2D eigenvalue weighted by molar-refractivity contribution is 5.90. The third-order valence-electron chi connectivity index (χ3n) is 3.20. The van der Waals surface area contributed by atoms with Crippen LogP contribution in [-0.2, 0) is 27.8 Å². The van der Waals surface area contributed by atoms with Crippen LogP contribution in [-0.4, -0.2) is 36.5 Å². The smallest absolute Gasteiger partial charge is 0.435 e. The Morgan fingerprint density at radius 3 is 2.54 bits per heavy atom. The van der Waals surface area contributed by atoms with Crippen LogP contribution in [0.5, 0.6) is 0 Å². The predicted octanol–water partition coefficient (Wildman–Crippen LogP) is 1.56. The molecule has 0 aromatic carbocycles. The Hall–Kier alpha value is -2.85. The molecular weight excluding hydrogens is 331 g/mol. The Morgan fingerprint density at radius 2 is 2.00 bits per heavy atom. The maximum atomic E-state index is 12.4. The van der Waals surface area contributed by atoms with Gasteiger partial charge in [-0.15, -0.1) is 0 Å². The van der Waals surface area contributed by atoms with Crippen LogP contribution in [0.3, 0.4) is 0 Å². The normalized spacial score (nSPS) is 12.2. The first-order valence-electron chi connectivity index (χ1n) is 6.69. The Kier molecular flexibility index (Phi) is 4.36. The van der Waals surface area contributed by atoms with Crippen molar-refractivity contribution in [3.8, 4) is 0 Å². The van der Waals surface area contributed by atoms with Crippen molar-refractivity contribution >= 4 is 17.6 Å². The maximum Gasteiger partial charge on any atom is 0.435 e. The lowest BCUT2D eigenvalue weighted by molar-refractivity contribution is -0.146. The van der Waals surface area contributed by atoms with Crippen molar-refractivity contribution in [3.63, 3.8) is 0 Å². The van der Waals surface area contributed by atoms with Gasteiger partial charge >= 0.3 is 12.1 Å². The number of carboxylic acid groups (broad SMARTS) is 1. The second kappa shape index (κ2) is 5.98. The molecule has 8 nitrogen and oxygen atoms in total. The highest BCUT2D eigenvalue weighted by Gasteiger charge is 2.33. The van der Waals surface area contributed by atoms with E-state index in [0.29, 0.717) is 0 Å². The van der Waals surface area contributed by atoms with Crippen molar-refractivity contribution in [1.82, 2.24) is 19.6 Å². The summed E-state index contributed by atoms with van der Waals surface area (Å²) in [5.74, 6) is -1.74. The molecule has 130 valence electrons. The fourth-order valence-electron chi connectivity index (χ4n) is 1.74. The topological polar surface area (TPSA) is 102 Å². The molecule has 2 N–H and O–H groups in total. The number of nitrogens with one attached hydrogen (secondary N) is 1. The first-order valence-corrected chi connectivity index (χ1v) is 6.69. The number of carbonyl (C=O) groups is 2. The Morgan fingerprint density at radius 1 is 1.33 bits per heavy atom. The minimum absolute atomic E-state index is 0.220. The second-order valence-electron chi connectivity index (χ2n) is 5.48. The van der Waals surface area contributed by atoms with Gasteiger partial charge in [0.05, 0.1) is 11.9 Å². The van der Waals surface area contributed by atoms with Crippen LogP contribution < -0.4 is 5.32 Å². The van der Waals surface area contributed by atoms with Crippen molar-refractivity contribution in [2.75, 3.05) is 5.32 Å². The van der Waals surface area contributed by atoms with Crippen LogP contribution in [0, 0.1) is 0 Å². The van der Waals surface area contributed by atoms with Gasteiger partial charge in [-0.1, -0.05) is 0 Å². The molecule has 1 amide bonds. The summed E-state index contributed by atoms with van der Waals surface area (Å²) in [6.45, 7) is 2.43. The lowest BCUT2D eigenvalue weighted by Crippen LogP contribution is -2.35. The van der Waals surface area contributed by atoms with Gasteiger partial charge in [0.25, 0.3) is 0 Å². The summed E-state index contributed by atoms with van der Waals surface area (Å²) in [6, 6.07) is 0.765. The highest BCUT2D eigenvalue weighted by atomic mass is 19.4. The number of hydrogen-bond donors (Lipinski definition) is 2. The van der Waals surface area contributed by atoms with E-state index in [1.54, 1.807) is 0 Å². The van der Waals surface area contributed by atoms with Gasteiger partial charge in [-0.25, -0.2) is 4.79 Å². The molecule has 24 heavy (non-hydrogen) atoms. The van der Waals surface area contributed by atoms with Gasteiger partial charge in [-0.2, -0.15) is 23.4 Å². The summed E-state index contributed by atoms with van der Waals surface area (Å²) in [6.07, 6.45) is -0.978. The van der Waals surface area contributed by atoms with Gasteiger partial charge in [0, 0.05) is 12.4 Å². The summed E-state index contributed by atoms with van der Waals surface area (Å²) in [4.78, 5) is 23.0. The zero-order chi connectivity index (χ0) is 18.1.